The van der Waals surface area contributed by atoms with Crippen LogP contribution >= 0.6 is 0 Å². The van der Waals surface area contributed by atoms with Crippen LogP contribution < -0.4 is 10.2 Å². The van der Waals surface area contributed by atoms with Gasteiger partial charge in [0.25, 0.3) is 0 Å². The Kier molecular flexibility index (Phi) is 6.24. The van der Waals surface area contributed by atoms with Crippen molar-refractivity contribution < 1.29 is 4.79 Å². The number of carbonyl (C=O) groups excluding carboxylic acids is 1. The van der Waals surface area contributed by atoms with Gasteiger partial charge >= 0.3 is 0 Å². The SMILES string of the molecule is CCN(CC)c1ccc(N=Nc2ccccc2C#N)c(NC(C)=O)c1. The molecule has 0 fully saturated rings. The normalized spacial score (nSPS) is 10.5. The van der Waals surface area contributed by atoms with Crippen LogP contribution in [0.15, 0.2) is 52.7 Å². The summed E-state index contributed by atoms with van der Waals surface area (Å²) in [6.45, 7) is 7.34. The largest absolute Gasteiger partial charge is 0.372 e. The van der Waals surface area contributed by atoms with E-state index in [9.17, 15) is 4.79 Å². The van der Waals surface area contributed by atoms with Crippen molar-refractivity contribution in [2.45, 2.75) is 20.8 Å². The molecule has 1 amide bonds. The Bertz CT molecular complexity index is 819. The first kappa shape index (κ1) is 18.1. The molecule has 1 N–H and O–H groups in total. The molecule has 0 bridgehead atoms. The van der Waals surface area contributed by atoms with Crippen LogP contribution in [0.1, 0.15) is 26.3 Å². The first-order valence-corrected chi connectivity index (χ1v) is 8.16. The van der Waals surface area contributed by atoms with Crippen LogP contribution in [-0.2, 0) is 4.79 Å². The number of hydrogen-bond acceptors (Lipinski definition) is 5. The Hall–Kier alpha value is -3.20. The Morgan fingerprint density at radius 2 is 1.80 bits per heavy atom. The molecule has 0 atom stereocenters. The van der Waals surface area contributed by atoms with Gasteiger partial charge in [0.05, 0.1) is 11.3 Å². The zero-order chi connectivity index (χ0) is 18.2. The zero-order valence-electron chi connectivity index (χ0n) is 14.7. The van der Waals surface area contributed by atoms with Crippen LogP contribution in [0.4, 0.5) is 22.7 Å². The summed E-state index contributed by atoms with van der Waals surface area (Å²) in [7, 11) is 0. The van der Waals surface area contributed by atoms with Gasteiger partial charge in [-0.1, -0.05) is 12.1 Å². The topological polar surface area (TPSA) is 80.8 Å². The number of nitrogens with one attached hydrogen (secondary N) is 1. The minimum absolute atomic E-state index is 0.175. The van der Waals surface area contributed by atoms with Crippen LogP contribution in [-0.4, -0.2) is 19.0 Å². The molecule has 0 aliphatic carbocycles. The Labute approximate surface area is 147 Å². The lowest BCUT2D eigenvalue weighted by Gasteiger charge is -2.22. The molecular formula is C19H21N5O. The van der Waals surface area contributed by atoms with E-state index in [-0.39, 0.29) is 5.91 Å². The van der Waals surface area contributed by atoms with Crippen molar-refractivity contribution in [1.82, 2.24) is 0 Å². The first-order valence-electron chi connectivity index (χ1n) is 8.16. The molecule has 6 nitrogen and oxygen atoms in total. The predicted molar refractivity (Wildman–Crippen MR) is 99.6 cm³/mol. The molecule has 0 radical (unpaired) electrons. The second kappa shape index (κ2) is 8.60. The number of nitrogens with zero attached hydrogens (tertiary/aromatic N) is 4. The molecule has 0 aliphatic heterocycles. The van der Waals surface area contributed by atoms with E-state index in [1.165, 1.54) is 6.92 Å². The highest BCUT2D eigenvalue weighted by molar-refractivity contribution is 5.93. The van der Waals surface area contributed by atoms with Gasteiger partial charge in [-0.3, -0.25) is 4.79 Å². The summed E-state index contributed by atoms with van der Waals surface area (Å²) in [6, 6.07) is 14.7. The van der Waals surface area contributed by atoms with E-state index in [4.69, 9.17) is 5.26 Å². The van der Waals surface area contributed by atoms with E-state index in [2.05, 4.69) is 40.4 Å². The van der Waals surface area contributed by atoms with E-state index in [1.807, 2.05) is 18.2 Å². The van der Waals surface area contributed by atoms with Gasteiger partial charge < -0.3 is 10.2 Å². The van der Waals surface area contributed by atoms with Crippen LogP contribution in [0.25, 0.3) is 0 Å². The molecule has 25 heavy (non-hydrogen) atoms. The highest BCUT2D eigenvalue weighted by Crippen LogP contribution is 2.32. The van der Waals surface area contributed by atoms with Gasteiger partial charge in [0.1, 0.15) is 17.4 Å². The standard InChI is InChI=1S/C19H21N5O/c1-4-24(5-2)16-10-11-18(19(12-16)21-14(3)25)23-22-17-9-7-6-8-15(17)13-20/h6-12H,4-5H2,1-3H3,(H,21,25). The fourth-order valence-electron chi connectivity index (χ4n) is 2.45. The maximum absolute atomic E-state index is 11.5. The minimum atomic E-state index is -0.175. The van der Waals surface area contributed by atoms with Crippen molar-refractivity contribution in [2.75, 3.05) is 23.3 Å². The lowest BCUT2D eigenvalue weighted by atomic mass is 10.2. The number of azo groups is 1. The number of amides is 1. The molecule has 2 aromatic carbocycles. The summed E-state index contributed by atoms with van der Waals surface area (Å²) in [5.74, 6) is -0.175. The van der Waals surface area contributed by atoms with Crippen molar-refractivity contribution in [3.05, 3.63) is 48.0 Å². The highest BCUT2D eigenvalue weighted by Gasteiger charge is 2.09. The third-order valence-corrected chi connectivity index (χ3v) is 3.71. The lowest BCUT2D eigenvalue weighted by Crippen LogP contribution is -2.21. The van der Waals surface area contributed by atoms with E-state index in [0.717, 1.165) is 18.8 Å². The fourth-order valence-corrected chi connectivity index (χ4v) is 2.45. The number of benzene rings is 2. The quantitative estimate of drug-likeness (QED) is 0.771. The van der Waals surface area contributed by atoms with E-state index in [1.54, 1.807) is 24.3 Å². The van der Waals surface area contributed by atoms with Gasteiger partial charge in [-0.2, -0.15) is 5.26 Å². The number of anilines is 2. The van der Waals surface area contributed by atoms with Gasteiger partial charge in [-0.05, 0) is 44.2 Å². The third kappa shape index (κ3) is 4.64. The van der Waals surface area contributed by atoms with Gasteiger partial charge in [0, 0.05) is 25.7 Å². The van der Waals surface area contributed by atoms with Gasteiger partial charge in [-0.15, -0.1) is 10.2 Å². The smallest absolute Gasteiger partial charge is 0.221 e. The molecule has 0 saturated carbocycles. The molecular weight excluding hydrogens is 314 g/mol. The Morgan fingerprint density at radius 1 is 1.12 bits per heavy atom. The van der Waals surface area contributed by atoms with Gasteiger partial charge in [0.2, 0.25) is 5.91 Å². The molecule has 0 aromatic heterocycles. The average molecular weight is 335 g/mol. The molecule has 0 unspecified atom stereocenters. The molecule has 2 aromatic rings. The Balaban J connectivity index is 2.40. The average Bonchev–Trinajstić information content (AvgIpc) is 2.62. The summed E-state index contributed by atoms with van der Waals surface area (Å²) in [4.78, 5) is 13.7. The predicted octanol–water partition coefficient (Wildman–Crippen LogP) is 4.78. The Morgan fingerprint density at radius 3 is 2.44 bits per heavy atom. The van der Waals surface area contributed by atoms with Gasteiger partial charge in [-0.25, -0.2) is 0 Å². The van der Waals surface area contributed by atoms with Crippen LogP contribution in [0.2, 0.25) is 0 Å². The number of hydrogen-bond donors (Lipinski definition) is 1. The van der Waals surface area contributed by atoms with Crippen LogP contribution in [0, 0.1) is 11.3 Å². The monoisotopic (exact) mass is 335 g/mol. The summed E-state index contributed by atoms with van der Waals surface area (Å²) in [5, 5.41) is 20.3. The van der Waals surface area contributed by atoms with Crippen molar-refractivity contribution in [3.63, 3.8) is 0 Å². The van der Waals surface area contributed by atoms with Crippen molar-refractivity contribution >= 4 is 28.7 Å². The first-order chi connectivity index (χ1) is 12.1. The summed E-state index contributed by atoms with van der Waals surface area (Å²) in [5.41, 5.74) is 3.08. The molecule has 0 saturated heterocycles. The number of carbonyl (C=O) groups is 1. The maximum atomic E-state index is 11.5. The van der Waals surface area contributed by atoms with Crippen LogP contribution in [0.5, 0.6) is 0 Å². The molecule has 0 spiro atoms. The summed E-state index contributed by atoms with van der Waals surface area (Å²) >= 11 is 0. The van der Waals surface area contributed by atoms with Gasteiger partial charge in [0.15, 0.2) is 0 Å². The summed E-state index contributed by atoms with van der Waals surface area (Å²) in [6.07, 6.45) is 0. The summed E-state index contributed by atoms with van der Waals surface area (Å²) < 4.78 is 0. The molecule has 0 heterocycles. The minimum Gasteiger partial charge on any atom is -0.372 e. The molecule has 128 valence electrons. The van der Waals surface area contributed by atoms with Crippen LogP contribution in [0.3, 0.4) is 0 Å². The number of rotatable bonds is 6. The van der Waals surface area contributed by atoms with Crippen molar-refractivity contribution in [3.8, 4) is 6.07 Å². The second-order valence-electron chi connectivity index (χ2n) is 5.38. The maximum Gasteiger partial charge on any atom is 0.221 e. The number of nitriles is 1. The fraction of sp³-hybridized carbons (Fsp3) is 0.263. The zero-order valence-corrected chi connectivity index (χ0v) is 14.7. The highest BCUT2D eigenvalue weighted by atomic mass is 16.1. The van der Waals surface area contributed by atoms with Crippen molar-refractivity contribution in [1.29, 1.82) is 5.26 Å². The molecule has 6 heteroatoms. The second-order valence-corrected chi connectivity index (χ2v) is 5.38. The van der Waals surface area contributed by atoms with E-state index >= 15 is 0 Å². The molecule has 0 aliphatic rings. The van der Waals surface area contributed by atoms with E-state index < -0.39 is 0 Å². The molecule has 2 rings (SSSR count). The lowest BCUT2D eigenvalue weighted by molar-refractivity contribution is -0.114. The van der Waals surface area contributed by atoms with Crippen molar-refractivity contribution in [2.24, 2.45) is 10.2 Å². The van der Waals surface area contributed by atoms with E-state index in [0.29, 0.717) is 22.6 Å². The third-order valence-electron chi connectivity index (χ3n) is 3.71.